The number of rotatable bonds is 7. The van der Waals surface area contributed by atoms with Crippen LogP contribution in [0.4, 0.5) is 0 Å². The minimum atomic E-state index is -2.01. The van der Waals surface area contributed by atoms with Crippen LogP contribution in [-0.2, 0) is 14.0 Å². The molecule has 0 aromatic carbocycles. The summed E-state index contributed by atoms with van der Waals surface area (Å²) in [5, 5.41) is 18.4. The summed E-state index contributed by atoms with van der Waals surface area (Å²) in [6, 6.07) is 0. The zero-order valence-corrected chi connectivity index (χ0v) is 17.6. The maximum absolute atomic E-state index is 12.7. The van der Waals surface area contributed by atoms with Gasteiger partial charge in [0.25, 0.3) is 0 Å². The van der Waals surface area contributed by atoms with Crippen LogP contribution in [0.15, 0.2) is 10.6 Å². The van der Waals surface area contributed by atoms with Crippen LogP contribution in [0.5, 0.6) is 0 Å². The number of carboxylic acid groups (broad SMARTS) is 1. The number of aliphatic hydroxyl groups excluding tert-OH is 1. The van der Waals surface area contributed by atoms with Crippen LogP contribution in [0.3, 0.4) is 0 Å². The van der Waals surface area contributed by atoms with Crippen molar-refractivity contribution in [1.82, 2.24) is 4.90 Å². The quantitative estimate of drug-likeness (QED) is 0.516. The number of aliphatic carboxylic acids is 1. The molecule has 0 saturated carbocycles. The van der Waals surface area contributed by atoms with Crippen molar-refractivity contribution < 1.29 is 24.2 Å². The normalized spacial score (nSPS) is 25.1. The fourth-order valence-corrected chi connectivity index (χ4v) is 6.05. The highest BCUT2D eigenvalue weighted by atomic mass is 32.2. The van der Waals surface area contributed by atoms with Gasteiger partial charge in [-0.2, -0.15) is 0 Å². The SMILES string of the molecule is C[C@@H](O[Si](C)(C)C(C)(C)C)[C@H]1C(=O)N2C(C(=O)O)=C(CCCO)S[C@H]12. The summed E-state index contributed by atoms with van der Waals surface area (Å²) in [4.78, 5) is 26.3. The third-order valence-electron chi connectivity index (χ3n) is 5.41. The molecule has 0 aromatic heterocycles. The molecule has 2 heterocycles. The first-order valence-corrected chi connectivity index (χ1v) is 12.5. The minimum absolute atomic E-state index is 0.00386. The summed E-state index contributed by atoms with van der Waals surface area (Å²) in [6.07, 6.45) is 0.733. The first-order valence-electron chi connectivity index (χ1n) is 8.67. The second kappa shape index (κ2) is 7.06. The molecule has 3 atom stereocenters. The van der Waals surface area contributed by atoms with Crippen molar-refractivity contribution in [2.45, 2.75) is 70.1 Å². The van der Waals surface area contributed by atoms with Crippen molar-refractivity contribution in [2.75, 3.05) is 6.61 Å². The molecule has 1 amide bonds. The van der Waals surface area contributed by atoms with E-state index in [-0.39, 0.29) is 40.6 Å². The van der Waals surface area contributed by atoms with Crippen LogP contribution in [-0.4, -0.2) is 53.4 Å². The Morgan fingerprint density at radius 1 is 1.40 bits per heavy atom. The van der Waals surface area contributed by atoms with E-state index in [1.165, 1.54) is 16.7 Å². The van der Waals surface area contributed by atoms with Crippen LogP contribution in [0.2, 0.25) is 18.1 Å². The number of hydrogen-bond acceptors (Lipinski definition) is 5. The Kier molecular flexibility index (Phi) is 5.78. The van der Waals surface area contributed by atoms with E-state index in [4.69, 9.17) is 9.53 Å². The number of carbonyl (C=O) groups excluding carboxylic acids is 1. The molecule has 142 valence electrons. The van der Waals surface area contributed by atoms with Crippen molar-refractivity contribution in [2.24, 2.45) is 5.92 Å². The summed E-state index contributed by atoms with van der Waals surface area (Å²) >= 11 is 1.44. The molecule has 6 nitrogen and oxygen atoms in total. The van der Waals surface area contributed by atoms with Gasteiger partial charge in [0.2, 0.25) is 5.91 Å². The fourth-order valence-electron chi connectivity index (χ4n) is 2.97. The van der Waals surface area contributed by atoms with Crippen LogP contribution >= 0.6 is 11.8 Å². The third-order valence-corrected chi connectivity index (χ3v) is 11.4. The van der Waals surface area contributed by atoms with Gasteiger partial charge in [-0.05, 0) is 37.9 Å². The van der Waals surface area contributed by atoms with E-state index in [9.17, 15) is 14.7 Å². The number of aliphatic hydroxyl groups is 1. The number of fused-ring (bicyclic) bond motifs is 1. The zero-order chi connectivity index (χ0) is 19.2. The number of hydrogen-bond donors (Lipinski definition) is 2. The van der Waals surface area contributed by atoms with E-state index in [0.717, 1.165) is 0 Å². The van der Waals surface area contributed by atoms with Gasteiger partial charge in [-0.15, -0.1) is 11.8 Å². The number of amides is 1. The highest BCUT2D eigenvalue weighted by molar-refractivity contribution is 8.04. The standard InChI is InChI=1S/C17H29NO5SSi/c1-10(23-25(5,6)17(2,3)4)12-14(20)18-13(16(21)22)11(8-7-9-19)24-15(12)18/h10,12,15,19H,7-9H2,1-6H3,(H,21,22)/t10-,12+,15-/m1/s1. The molecule has 8 heteroatoms. The third kappa shape index (κ3) is 3.67. The molecule has 2 aliphatic rings. The second-order valence-corrected chi connectivity index (χ2v) is 14.2. The van der Waals surface area contributed by atoms with Gasteiger partial charge in [-0.3, -0.25) is 9.69 Å². The Morgan fingerprint density at radius 2 is 2.00 bits per heavy atom. The van der Waals surface area contributed by atoms with Crippen LogP contribution in [0, 0.1) is 5.92 Å². The average molecular weight is 388 g/mol. The van der Waals surface area contributed by atoms with Gasteiger partial charge in [0.05, 0.1) is 12.0 Å². The number of thioether (sulfide) groups is 1. The molecular weight excluding hydrogens is 358 g/mol. The Hall–Kier alpha value is -0.833. The topological polar surface area (TPSA) is 87.1 Å². The first-order chi connectivity index (χ1) is 11.4. The maximum atomic E-state index is 12.7. The maximum Gasteiger partial charge on any atom is 0.353 e. The predicted octanol–water partition coefficient (Wildman–Crippen LogP) is 3.00. The highest BCUT2D eigenvalue weighted by Gasteiger charge is 2.58. The monoisotopic (exact) mass is 387 g/mol. The fraction of sp³-hybridized carbons (Fsp3) is 0.765. The van der Waals surface area contributed by atoms with E-state index in [1.807, 2.05) is 6.92 Å². The minimum Gasteiger partial charge on any atom is -0.477 e. The molecule has 25 heavy (non-hydrogen) atoms. The summed E-state index contributed by atoms with van der Waals surface area (Å²) < 4.78 is 6.37. The Bertz CT molecular complexity index is 598. The summed E-state index contributed by atoms with van der Waals surface area (Å²) in [7, 11) is -2.01. The average Bonchev–Trinajstić information content (AvgIpc) is 2.77. The summed E-state index contributed by atoms with van der Waals surface area (Å²) in [5.74, 6) is -1.56. The molecular formula is C17H29NO5SSi. The van der Waals surface area contributed by atoms with Gasteiger partial charge < -0.3 is 14.6 Å². The Labute approximate surface area is 154 Å². The van der Waals surface area contributed by atoms with Crippen molar-refractivity contribution in [1.29, 1.82) is 0 Å². The van der Waals surface area contributed by atoms with Gasteiger partial charge in [0, 0.05) is 11.5 Å². The van der Waals surface area contributed by atoms with Crippen molar-refractivity contribution in [3.8, 4) is 0 Å². The van der Waals surface area contributed by atoms with E-state index < -0.39 is 14.3 Å². The van der Waals surface area contributed by atoms with E-state index >= 15 is 0 Å². The van der Waals surface area contributed by atoms with Crippen molar-refractivity contribution >= 4 is 32.0 Å². The van der Waals surface area contributed by atoms with E-state index in [1.54, 1.807) is 0 Å². The van der Waals surface area contributed by atoms with Crippen LogP contribution in [0.1, 0.15) is 40.5 Å². The molecule has 1 saturated heterocycles. The zero-order valence-electron chi connectivity index (χ0n) is 15.8. The first kappa shape index (κ1) is 20.5. The van der Waals surface area contributed by atoms with Gasteiger partial charge in [0.15, 0.2) is 8.32 Å². The van der Waals surface area contributed by atoms with Gasteiger partial charge in [-0.25, -0.2) is 4.79 Å². The number of carboxylic acids is 1. The number of β-lactam (4-membered cyclic amide) rings is 1. The largest absolute Gasteiger partial charge is 0.477 e. The summed E-state index contributed by atoms with van der Waals surface area (Å²) in [5.41, 5.74) is 0.0872. The van der Waals surface area contributed by atoms with Crippen LogP contribution in [0.25, 0.3) is 0 Å². The Balaban J connectivity index is 2.14. The number of nitrogens with zero attached hydrogens (tertiary/aromatic N) is 1. The molecule has 2 aliphatic heterocycles. The molecule has 1 fully saturated rings. The highest BCUT2D eigenvalue weighted by Crippen LogP contribution is 2.52. The lowest BCUT2D eigenvalue weighted by atomic mass is 9.92. The molecule has 0 radical (unpaired) electrons. The smallest absolute Gasteiger partial charge is 0.353 e. The van der Waals surface area contributed by atoms with Crippen molar-refractivity contribution in [3.63, 3.8) is 0 Å². The van der Waals surface area contributed by atoms with Crippen LogP contribution < -0.4 is 0 Å². The molecule has 0 unspecified atom stereocenters. The van der Waals surface area contributed by atoms with E-state index in [0.29, 0.717) is 17.7 Å². The number of carbonyl (C=O) groups is 2. The lowest BCUT2D eigenvalue weighted by molar-refractivity contribution is -0.156. The molecule has 0 bridgehead atoms. The lowest BCUT2D eigenvalue weighted by Gasteiger charge is -2.48. The van der Waals surface area contributed by atoms with Gasteiger partial charge in [-0.1, -0.05) is 20.8 Å². The molecule has 2 N–H and O–H groups in total. The van der Waals surface area contributed by atoms with Gasteiger partial charge >= 0.3 is 5.97 Å². The summed E-state index contributed by atoms with van der Waals surface area (Å²) in [6.45, 7) is 12.7. The molecule has 0 aromatic rings. The molecule has 0 aliphatic carbocycles. The van der Waals surface area contributed by atoms with Crippen molar-refractivity contribution in [3.05, 3.63) is 10.6 Å². The predicted molar refractivity (Wildman–Crippen MR) is 100 cm³/mol. The number of allylic oxidation sites excluding steroid dienone is 1. The van der Waals surface area contributed by atoms with Gasteiger partial charge in [0.1, 0.15) is 11.1 Å². The Morgan fingerprint density at radius 3 is 2.48 bits per heavy atom. The molecule has 0 spiro atoms. The molecule has 2 rings (SSSR count). The second-order valence-electron chi connectivity index (χ2n) is 8.23. The van der Waals surface area contributed by atoms with E-state index in [2.05, 4.69) is 33.9 Å². The lowest BCUT2D eigenvalue weighted by Crippen LogP contribution is -2.62.